The maximum atomic E-state index is 12.9. The van der Waals surface area contributed by atoms with Gasteiger partial charge in [-0.15, -0.1) is 0 Å². The topological polar surface area (TPSA) is 20.3 Å². The summed E-state index contributed by atoms with van der Waals surface area (Å²) in [5.74, 6) is -0.507. The zero-order valence-corrected chi connectivity index (χ0v) is 11.5. The second-order valence-electron chi connectivity index (χ2n) is 4.89. The first kappa shape index (κ1) is 15.7. The number of likely N-dealkylation sites (N-methyl/N-ethyl adjacent to an activating group) is 1. The standard InChI is InChI=1S/C14H18F3NO/c1-5-13(2,18(3)4)12(19)10-8-6-7-9-11(10)14(15,16)17/h6-9H,5H2,1-4H3. The van der Waals surface area contributed by atoms with Gasteiger partial charge in [0.25, 0.3) is 0 Å². The fraction of sp³-hybridized carbons (Fsp3) is 0.500. The van der Waals surface area contributed by atoms with Gasteiger partial charge in [-0.2, -0.15) is 13.2 Å². The van der Waals surface area contributed by atoms with Crippen LogP contribution in [0.5, 0.6) is 0 Å². The minimum Gasteiger partial charge on any atom is -0.297 e. The molecule has 1 aromatic rings. The van der Waals surface area contributed by atoms with Crippen molar-refractivity contribution in [3.05, 3.63) is 35.4 Å². The lowest BCUT2D eigenvalue weighted by Crippen LogP contribution is -2.48. The first-order valence-electron chi connectivity index (χ1n) is 6.03. The molecule has 0 N–H and O–H groups in total. The molecule has 0 bridgehead atoms. The summed E-state index contributed by atoms with van der Waals surface area (Å²) in [6, 6.07) is 4.92. The van der Waals surface area contributed by atoms with Crippen molar-refractivity contribution in [1.29, 1.82) is 0 Å². The van der Waals surface area contributed by atoms with Crippen LogP contribution in [0.3, 0.4) is 0 Å². The van der Waals surface area contributed by atoms with E-state index in [4.69, 9.17) is 0 Å². The summed E-state index contributed by atoms with van der Waals surface area (Å²) < 4.78 is 38.8. The van der Waals surface area contributed by atoms with Crippen molar-refractivity contribution in [2.24, 2.45) is 0 Å². The highest BCUT2D eigenvalue weighted by atomic mass is 19.4. The highest BCUT2D eigenvalue weighted by Gasteiger charge is 2.40. The van der Waals surface area contributed by atoms with E-state index in [-0.39, 0.29) is 5.56 Å². The molecule has 0 saturated heterocycles. The third-order valence-electron chi connectivity index (χ3n) is 3.64. The number of ketones is 1. The van der Waals surface area contributed by atoms with Crippen LogP contribution in [0, 0.1) is 0 Å². The van der Waals surface area contributed by atoms with E-state index in [0.717, 1.165) is 6.07 Å². The van der Waals surface area contributed by atoms with E-state index in [0.29, 0.717) is 6.42 Å². The molecule has 106 valence electrons. The number of rotatable bonds is 4. The van der Waals surface area contributed by atoms with Crippen LogP contribution in [0.15, 0.2) is 24.3 Å². The van der Waals surface area contributed by atoms with Crippen molar-refractivity contribution in [2.45, 2.75) is 32.0 Å². The molecule has 2 nitrogen and oxygen atoms in total. The highest BCUT2D eigenvalue weighted by molar-refractivity contribution is 6.04. The Balaban J connectivity index is 3.35. The minimum absolute atomic E-state index is 0.270. The average molecular weight is 273 g/mol. The number of hydrogen-bond donors (Lipinski definition) is 0. The molecule has 0 radical (unpaired) electrons. The first-order chi connectivity index (χ1) is 8.64. The number of hydrogen-bond acceptors (Lipinski definition) is 2. The fourth-order valence-electron chi connectivity index (χ4n) is 1.90. The zero-order valence-electron chi connectivity index (χ0n) is 11.5. The first-order valence-corrected chi connectivity index (χ1v) is 6.03. The average Bonchev–Trinajstić information content (AvgIpc) is 2.35. The summed E-state index contributed by atoms with van der Waals surface area (Å²) >= 11 is 0. The third kappa shape index (κ3) is 2.97. The summed E-state index contributed by atoms with van der Waals surface area (Å²) in [4.78, 5) is 14.1. The Morgan fingerprint density at radius 1 is 1.21 bits per heavy atom. The van der Waals surface area contributed by atoms with Crippen molar-refractivity contribution >= 4 is 5.78 Å². The van der Waals surface area contributed by atoms with Gasteiger partial charge < -0.3 is 0 Å². The molecule has 0 aromatic heterocycles. The summed E-state index contributed by atoms with van der Waals surface area (Å²) in [6.07, 6.45) is -4.09. The van der Waals surface area contributed by atoms with E-state index in [1.54, 1.807) is 32.8 Å². The summed E-state index contributed by atoms with van der Waals surface area (Å²) in [7, 11) is 3.38. The lowest BCUT2D eigenvalue weighted by molar-refractivity contribution is -0.138. The van der Waals surface area contributed by atoms with E-state index < -0.39 is 23.1 Å². The van der Waals surface area contributed by atoms with Crippen LogP contribution >= 0.6 is 0 Å². The van der Waals surface area contributed by atoms with Crippen molar-refractivity contribution in [3.63, 3.8) is 0 Å². The van der Waals surface area contributed by atoms with Gasteiger partial charge in [-0.25, -0.2) is 0 Å². The molecule has 0 amide bonds. The van der Waals surface area contributed by atoms with Gasteiger partial charge in [0, 0.05) is 5.56 Å². The molecule has 0 aliphatic heterocycles. The molecule has 0 heterocycles. The van der Waals surface area contributed by atoms with Gasteiger partial charge in [-0.1, -0.05) is 25.1 Å². The normalized spacial score (nSPS) is 15.4. The summed E-state index contributed by atoms with van der Waals surface area (Å²) in [5.41, 5.74) is -2.09. The molecule has 1 rings (SSSR count). The Labute approximate surface area is 111 Å². The molecular weight excluding hydrogens is 255 g/mol. The maximum Gasteiger partial charge on any atom is 0.417 e. The minimum atomic E-state index is -4.52. The fourth-order valence-corrected chi connectivity index (χ4v) is 1.90. The van der Waals surface area contributed by atoms with Crippen LogP contribution < -0.4 is 0 Å². The van der Waals surface area contributed by atoms with Crippen LogP contribution in [0.25, 0.3) is 0 Å². The second kappa shape index (κ2) is 5.33. The van der Waals surface area contributed by atoms with Crippen molar-refractivity contribution < 1.29 is 18.0 Å². The number of alkyl halides is 3. The number of nitrogens with zero attached hydrogens (tertiary/aromatic N) is 1. The molecule has 19 heavy (non-hydrogen) atoms. The van der Waals surface area contributed by atoms with E-state index >= 15 is 0 Å². The Hall–Kier alpha value is -1.36. The molecule has 1 aromatic carbocycles. The molecule has 0 fully saturated rings. The second-order valence-corrected chi connectivity index (χ2v) is 4.89. The monoisotopic (exact) mass is 273 g/mol. The highest BCUT2D eigenvalue weighted by Crippen LogP contribution is 2.34. The molecular formula is C14H18F3NO. The maximum absolute atomic E-state index is 12.9. The molecule has 0 aliphatic rings. The van der Waals surface area contributed by atoms with Crippen LogP contribution in [-0.4, -0.2) is 30.3 Å². The summed E-state index contributed by atoms with van der Waals surface area (Å²) in [5, 5.41) is 0. The van der Waals surface area contributed by atoms with E-state index in [1.165, 1.54) is 18.2 Å². The SMILES string of the molecule is CCC(C)(C(=O)c1ccccc1C(F)(F)F)N(C)C. The lowest BCUT2D eigenvalue weighted by Gasteiger charge is -2.34. The van der Waals surface area contributed by atoms with Gasteiger partial charge in [0.05, 0.1) is 11.1 Å². The molecule has 0 spiro atoms. The number of Topliss-reactive ketones (excluding diaryl/α,β-unsaturated/α-hetero) is 1. The Bertz CT molecular complexity index is 468. The largest absolute Gasteiger partial charge is 0.417 e. The number of benzene rings is 1. The zero-order chi connectivity index (χ0) is 14.8. The molecule has 5 heteroatoms. The Kier molecular flexibility index (Phi) is 4.40. The quantitative estimate of drug-likeness (QED) is 0.781. The van der Waals surface area contributed by atoms with Crippen LogP contribution in [0.2, 0.25) is 0 Å². The van der Waals surface area contributed by atoms with Crippen LogP contribution in [0.1, 0.15) is 36.2 Å². The summed E-state index contributed by atoms with van der Waals surface area (Å²) in [6.45, 7) is 3.44. The number of halogens is 3. The van der Waals surface area contributed by atoms with E-state index in [9.17, 15) is 18.0 Å². The van der Waals surface area contributed by atoms with Gasteiger partial charge in [0.2, 0.25) is 0 Å². The van der Waals surface area contributed by atoms with Crippen LogP contribution in [-0.2, 0) is 6.18 Å². The van der Waals surface area contributed by atoms with E-state index in [1.807, 2.05) is 0 Å². The Morgan fingerprint density at radius 3 is 2.16 bits per heavy atom. The molecule has 1 atom stereocenters. The van der Waals surface area contributed by atoms with Gasteiger partial charge in [0.15, 0.2) is 5.78 Å². The van der Waals surface area contributed by atoms with Gasteiger partial charge in [-0.3, -0.25) is 9.69 Å². The molecule has 1 unspecified atom stereocenters. The number of carbonyl (C=O) groups is 1. The Morgan fingerprint density at radius 2 is 1.74 bits per heavy atom. The third-order valence-corrected chi connectivity index (χ3v) is 3.64. The lowest BCUT2D eigenvalue weighted by atomic mass is 9.85. The van der Waals surface area contributed by atoms with Crippen molar-refractivity contribution in [2.75, 3.05) is 14.1 Å². The molecule has 0 saturated carbocycles. The van der Waals surface area contributed by atoms with Crippen molar-refractivity contribution in [1.82, 2.24) is 4.90 Å². The van der Waals surface area contributed by atoms with Gasteiger partial charge >= 0.3 is 6.18 Å². The van der Waals surface area contributed by atoms with Crippen molar-refractivity contribution in [3.8, 4) is 0 Å². The number of carbonyl (C=O) groups excluding carboxylic acids is 1. The van der Waals surface area contributed by atoms with E-state index in [2.05, 4.69) is 0 Å². The smallest absolute Gasteiger partial charge is 0.297 e. The predicted octanol–water partition coefficient (Wildman–Crippen LogP) is 3.62. The van der Waals surface area contributed by atoms with Gasteiger partial charge in [-0.05, 0) is 33.5 Å². The molecule has 0 aliphatic carbocycles. The van der Waals surface area contributed by atoms with Crippen LogP contribution in [0.4, 0.5) is 13.2 Å². The van der Waals surface area contributed by atoms with Gasteiger partial charge in [0.1, 0.15) is 0 Å². The predicted molar refractivity (Wildman–Crippen MR) is 68.2 cm³/mol.